The van der Waals surface area contributed by atoms with Crippen LogP contribution in [-0.2, 0) is 9.63 Å². The van der Waals surface area contributed by atoms with Crippen LogP contribution in [0.15, 0.2) is 92.5 Å². The first-order chi connectivity index (χ1) is 17.5. The van der Waals surface area contributed by atoms with Crippen molar-refractivity contribution in [1.29, 1.82) is 0 Å². The third-order valence-electron chi connectivity index (χ3n) is 4.58. The lowest BCUT2D eigenvalue weighted by atomic mass is 10.1. The third-order valence-corrected chi connectivity index (χ3v) is 5.56. The molecule has 0 radical (unpaired) electrons. The van der Waals surface area contributed by atoms with E-state index >= 15 is 0 Å². The van der Waals surface area contributed by atoms with Crippen molar-refractivity contribution >= 4 is 54.8 Å². The number of allylic oxidation sites excluding steroid dienone is 5. The number of nitrogens with two attached hydrogens (primary N) is 1. The summed E-state index contributed by atoms with van der Waals surface area (Å²) in [5.74, 6) is 3.97. The Hall–Kier alpha value is -3.81. The van der Waals surface area contributed by atoms with Crippen molar-refractivity contribution in [3.05, 3.63) is 114 Å². The van der Waals surface area contributed by atoms with Crippen molar-refractivity contribution in [3.63, 3.8) is 0 Å². The molecule has 3 N–H and O–H groups in total. The number of benzene rings is 1. The second-order valence-corrected chi connectivity index (χ2v) is 9.39. The van der Waals surface area contributed by atoms with Gasteiger partial charge in [0.2, 0.25) is 5.43 Å². The molecule has 0 fully saturated rings. The monoisotopic (exact) mass is 654 g/mol. The van der Waals surface area contributed by atoms with Crippen LogP contribution in [0.2, 0.25) is 0 Å². The molecular weight excluding hydrogens is 626 g/mol. The number of hydrogen-bond acceptors (Lipinski definition) is 8. The van der Waals surface area contributed by atoms with Gasteiger partial charge in [0, 0.05) is 72.9 Å². The molecule has 2 aromatic heterocycles. The zero-order valence-electron chi connectivity index (χ0n) is 19.8. The Kier molecular flexibility index (Phi) is 13.1. The van der Waals surface area contributed by atoms with E-state index in [0.717, 1.165) is 20.9 Å². The molecule has 204 valence electrons. The lowest BCUT2D eigenvalue weighted by molar-refractivity contribution is -0.384. The molecule has 0 saturated heterocycles. The van der Waals surface area contributed by atoms with Gasteiger partial charge in [0.1, 0.15) is 5.52 Å². The first-order valence-electron chi connectivity index (χ1n) is 10.5. The summed E-state index contributed by atoms with van der Waals surface area (Å²) in [5, 5.41) is 13.1. The van der Waals surface area contributed by atoms with Gasteiger partial charge in [-0.05, 0) is 46.6 Å². The number of carbonyl (C=O) groups is 2. The van der Waals surface area contributed by atoms with Crippen LogP contribution in [0.25, 0.3) is 5.52 Å². The molecule has 13 heteroatoms. The SMILES string of the molecule is C.CN(C)/C=C/C(=O)C1=CC(Br)=CC1.NOC(=O)c1ccc([N+](=O)[O-])cc1.O=c1cc[nH]n2cc(Br)cc12.[2HH]. The summed E-state index contributed by atoms with van der Waals surface area (Å²) in [6.45, 7) is 0. The van der Waals surface area contributed by atoms with Crippen LogP contribution in [-0.4, -0.2) is 45.3 Å². The van der Waals surface area contributed by atoms with Gasteiger partial charge < -0.3 is 14.8 Å². The molecule has 38 heavy (non-hydrogen) atoms. The summed E-state index contributed by atoms with van der Waals surface area (Å²) in [6.07, 6.45) is 11.3. The molecule has 0 aliphatic heterocycles. The minimum atomic E-state index is -0.727. The zero-order valence-corrected chi connectivity index (χ0v) is 22.9. The largest absolute Gasteiger partial charge is 0.383 e. The predicted octanol–water partition coefficient (Wildman–Crippen LogP) is 5.14. The highest BCUT2D eigenvalue weighted by Crippen LogP contribution is 2.22. The van der Waals surface area contributed by atoms with Gasteiger partial charge in [0.05, 0.1) is 10.5 Å². The standard InChI is InChI=1S/C10H12BrNO.C7H5BrN2O.C7H6N2O4.CH4.H2/c1-12(2)6-5-10(13)8-3-4-9(11)7-8;8-5-3-6-7(11)1-2-9-10(6)4-5;8-13-7(10)5-1-3-6(4-2-5)9(11)12;;/h4-7H,3H2,1-2H3;1-4,9H;1-4H,8H2;1H4;1H/b6-5+;;;;/i;;;;1+1. The summed E-state index contributed by atoms with van der Waals surface area (Å²) < 4.78 is 3.57. The van der Waals surface area contributed by atoms with Crippen LogP contribution in [0.4, 0.5) is 5.69 Å². The van der Waals surface area contributed by atoms with Crippen molar-refractivity contribution in [3.8, 4) is 0 Å². The van der Waals surface area contributed by atoms with Crippen molar-refractivity contribution in [2.75, 3.05) is 14.1 Å². The average molecular weight is 656 g/mol. The number of rotatable bonds is 5. The highest BCUT2D eigenvalue weighted by molar-refractivity contribution is 9.12. The van der Waals surface area contributed by atoms with E-state index < -0.39 is 10.9 Å². The van der Waals surface area contributed by atoms with Gasteiger partial charge in [-0.25, -0.2) is 4.79 Å². The molecule has 11 nitrogen and oxygen atoms in total. The Morgan fingerprint density at radius 3 is 2.39 bits per heavy atom. The van der Waals surface area contributed by atoms with E-state index in [4.69, 9.17) is 0 Å². The molecular formula is C25H29Br2N5O6. The summed E-state index contributed by atoms with van der Waals surface area (Å²) in [6, 6.07) is 8.22. The molecule has 3 aromatic rings. The van der Waals surface area contributed by atoms with Crippen LogP contribution >= 0.6 is 31.9 Å². The van der Waals surface area contributed by atoms with Gasteiger partial charge in [0.25, 0.3) is 5.69 Å². The number of nitro groups is 1. The second kappa shape index (κ2) is 15.4. The fraction of sp³-hybridized carbons (Fsp3) is 0.160. The maximum atomic E-state index is 11.5. The molecule has 0 atom stereocenters. The number of non-ortho nitro benzene ring substituents is 1. The van der Waals surface area contributed by atoms with E-state index in [-0.39, 0.29) is 31.3 Å². The van der Waals surface area contributed by atoms with Gasteiger partial charge in [-0.15, -0.1) is 0 Å². The number of H-pyrrole nitrogens is 1. The topological polar surface area (TPSA) is 153 Å². The number of carbonyl (C=O) groups excluding carboxylic acids is 2. The molecule has 0 spiro atoms. The smallest absolute Gasteiger partial charge is 0.356 e. The van der Waals surface area contributed by atoms with Crippen molar-refractivity contribution < 1.29 is 20.8 Å². The molecule has 1 aromatic carbocycles. The molecule has 1 aliphatic carbocycles. The zero-order chi connectivity index (χ0) is 27.5. The molecule has 2 heterocycles. The first kappa shape index (κ1) is 32.2. The summed E-state index contributed by atoms with van der Waals surface area (Å²) in [5.41, 5.74) is 1.60. The summed E-state index contributed by atoms with van der Waals surface area (Å²) in [7, 11) is 3.78. The number of nitrogens with zero attached hydrogens (tertiary/aromatic N) is 3. The van der Waals surface area contributed by atoms with E-state index in [9.17, 15) is 24.5 Å². The van der Waals surface area contributed by atoms with E-state index in [2.05, 4.69) is 47.7 Å². The van der Waals surface area contributed by atoms with Crippen LogP contribution in [0.5, 0.6) is 0 Å². The average Bonchev–Trinajstić information content (AvgIpc) is 3.48. The number of nitro benzene ring substituents is 1. The van der Waals surface area contributed by atoms with E-state index in [1.807, 2.05) is 31.1 Å². The Morgan fingerprint density at radius 2 is 1.89 bits per heavy atom. The van der Waals surface area contributed by atoms with Crippen LogP contribution < -0.4 is 11.3 Å². The minimum absolute atomic E-state index is 0. The maximum absolute atomic E-state index is 11.5. The van der Waals surface area contributed by atoms with Gasteiger partial charge >= 0.3 is 5.97 Å². The third kappa shape index (κ3) is 9.92. The Bertz CT molecular complexity index is 1430. The van der Waals surface area contributed by atoms with Crippen molar-refractivity contribution in [2.45, 2.75) is 13.8 Å². The summed E-state index contributed by atoms with van der Waals surface area (Å²) >= 11 is 6.60. The highest BCUT2D eigenvalue weighted by Gasteiger charge is 2.10. The fourth-order valence-corrected chi connectivity index (χ4v) is 3.64. The molecule has 0 saturated carbocycles. The Morgan fingerprint density at radius 1 is 1.24 bits per heavy atom. The Balaban J connectivity index is 0.000000543. The van der Waals surface area contributed by atoms with Crippen molar-refractivity contribution in [1.82, 2.24) is 14.5 Å². The van der Waals surface area contributed by atoms with Crippen molar-refractivity contribution in [2.24, 2.45) is 5.90 Å². The second-order valence-electron chi connectivity index (χ2n) is 7.56. The molecule has 0 bridgehead atoms. The van der Waals surface area contributed by atoms with Gasteiger partial charge in [0.15, 0.2) is 5.78 Å². The lowest BCUT2D eigenvalue weighted by Gasteiger charge is -2.02. The van der Waals surface area contributed by atoms with Crippen LogP contribution in [0.1, 0.15) is 25.6 Å². The predicted molar refractivity (Wildman–Crippen MR) is 155 cm³/mol. The number of nitrogens with one attached hydrogen (secondary N) is 1. The van der Waals surface area contributed by atoms with E-state index in [0.29, 0.717) is 5.52 Å². The first-order valence-corrected chi connectivity index (χ1v) is 12.1. The number of halogens is 2. The normalized spacial score (nSPS) is 11.7. The summed E-state index contributed by atoms with van der Waals surface area (Å²) in [4.78, 5) is 48.8. The number of aromatic amines is 1. The van der Waals surface area contributed by atoms with Gasteiger partial charge in [-0.1, -0.05) is 29.4 Å². The quantitative estimate of drug-likeness (QED) is 0.218. The van der Waals surface area contributed by atoms with E-state index in [1.54, 1.807) is 35.3 Å². The Labute approximate surface area is 237 Å². The molecule has 0 amide bonds. The molecule has 1 aliphatic rings. The van der Waals surface area contributed by atoms with Gasteiger partial charge in [-0.3, -0.25) is 24.2 Å². The van der Waals surface area contributed by atoms with Crippen LogP contribution in [0.3, 0.4) is 0 Å². The maximum Gasteiger partial charge on any atom is 0.356 e. The highest BCUT2D eigenvalue weighted by atomic mass is 79.9. The van der Waals surface area contributed by atoms with E-state index in [1.165, 1.54) is 30.3 Å². The fourth-order valence-electron chi connectivity index (χ4n) is 2.78. The molecule has 4 rings (SSSR count). The lowest BCUT2D eigenvalue weighted by Crippen LogP contribution is -2.09. The van der Waals surface area contributed by atoms with Gasteiger partial charge in [-0.2, -0.15) is 5.90 Å². The number of aromatic nitrogens is 2. The number of fused-ring (bicyclic) bond motifs is 1. The minimum Gasteiger partial charge on any atom is -0.383 e. The molecule has 0 unspecified atom stereocenters. The van der Waals surface area contributed by atoms with Crippen LogP contribution in [0, 0.1) is 10.1 Å². The number of ketones is 1. The number of hydrogen-bond donors (Lipinski definition) is 2.